The van der Waals surface area contributed by atoms with Gasteiger partial charge in [-0.15, -0.1) is 0 Å². The highest BCUT2D eigenvalue weighted by atomic mass is 19.1. The van der Waals surface area contributed by atoms with Crippen molar-refractivity contribution >= 4 is 0 Å². The van der Waals surface area contributed by atoms with E-state index in [1.165, 1.54) is 6.07 Å². The highest BCUT2D eigenvalue weighted by Gasteiger charge is 2.07. The van der Waals surface area contributed by atoms with E-state index >= 15 is 0 Å². The summed E-state index contributed by atoms with van der Waals surface area (Å²) in [4.78, 5) is 0. The Morgan fingerprint density at radius 2 is 1.84 bits per heavy atom. The molecule has 2 rings (SSSR count). The molecule has 4 heteroatoms. The Balaban J connectivity index is 2.07. The number of ether oxygens (including phenoxy) is 2. The van der Waals surface area contributed by atoms with Gasteiger partial charge in [-0.25, -0.2) is 4.39 Å². The number of methoxy groups -OCH3 is 1. The summed E-state index contributed by atoms with van der Waals surface area (Å²) in [5.41, 5.74) is 6.90. The number of hydrogen-bond acceptors (Lipinski definition) is 3. The molecular formula is C15H16FNO2. The maximum atomic E-state index is 13.5. The summed E-state index contributed by atoms with van der Waals surface area (Å²) in [6.45, 7) is 0.477. The lowest BCUT2D eigenvalue weighted by Gasteiger charge is -2.11. The molecule has 0 aliphatic carbocycles. The SMILES string of the molecule is COc1ccc(COc2cccc(F)c2CN)cc1. The van der Waals surface area contributed by atoms with Crippen LogP contribution in [0.5, 0.6) is 11.5 Å². The lowest BCUT2D eigenvalue weighted by molar-refractivity contribution is 0.300. The number of benzene rings is 2. The Morgan fingerprint density at radius 3 is 2.47 bits per heavy atom. The zero-order valence-corrected chi connectivity index (χ0v) is 10.7. The predicted molar refractivity (Wildman–Crippen MR) is 71.6 cm³/mol. The molecule has 2 aromatic carbocycles. The van der Waals surface area contributed by atoms with E-state index in [1.807, 2.05) is 24.3 Å². The van der Waals surface area contributed by atoms with Crippen molar-refractivity contribution in [3.63, 3.8) is 0 Å². The average Bonchev–Trinajstić information content (AvgIpc) is 2.45. The van der Waals surface area contributed by atoms with E-state index in [2.05, 4.69) is 0 Å². The molecule has 0 saturated heterocycles. The molecule has 0 bridgehead atoms. The Bertz CT molecular complexity index is 540. The molecule has 0 amide bonds. The number of hydrogen-bond donors (Lipinski definition) is 1. The van der Waals surface area contributed by atoms with Crippen molar-refractivity contribution in [2.24, 2.45) is 5.73 Å². The van der Waals surface area contributed by atoms with Crippen LogP contribution in [0.3, 0.4) is 0 Å². The quantitative estimate of drug-likeness (QED) is 0.900. The normalized spacial score (nSPS) is 10.3. The summed E-state index contributed by atoms with van der Waals surface area (Å²) in [6.07, 6.45) is 0. The second-order valence-electron chi connectivity index (χ2n) is 4.06. The lowest BCUT2D eigenvalue weighted by atomic mass is 10.2. The topological polar surface area (TPSA) is 44.5 Å². The molecule has 0 spiro atoms. The van der Waals surface area contributed by atoms with Gasteiger partial charge in [0.2, 0.25) is 0 Å². The fourth-order valence-electron chi connectivity index (χ4n) is 1.76. The molecule has 0 heterocycles. The first kappa shape index (κ1) is 13.4. The van der Waals surface area contributed by atoms with Crippen LogP contribution >= 0.6 is 0 Å². The molecule has 3 nitrogen and oxygen atoms in total. The summed E-state index contributed by atoms with van der Waals surface area (Å²) in [5, 5.41) is 0. The van der Waals surface area contributed by atoms with Crippen LogP contribution in [0.25, 0.3) is 0 Å². The van der Waals surface area contributed by atoms with Crippen LogP contribution < -0.4 is 15.2 Å². The van der Waals surface area contributed by atoms with E-state index in [0.29, 0.717) is 17.9 Å². The standard InChI is InChI=1S/C15H16FNO2/c1-18-12-7-5-11(6-8-12)10-19-15-4-2-3-14(16)13(15)9-17/h2-8H,9-10,17H2,1H3. The smallest absolute Gasteiger partial charge is 0.131 e. The first-order valence-corrected chi connectivity index (χ1v) is 5.97. The van der Waals surface area contributed by atoms with Crippen molar-refractivity contribution in [2.75, 3.05) is 7.11 Å². The van der Waals surface area contributed by atoms with Crippen LogP contribution in [0.4, 0.5) is 4.39 Å². The van der Waals surface area contributed by atoms with E-state index in [1.54, 1.807) is 19.2 Å². The van der Waals surface area contributed by atoms with Gasteiger partial charge in [0.25, 0.3) is 0 Å². The second kappa shape index (κ2) is 6.20. The molecule has 0 saturated carbocycles. The van der Waals surface area contributed by atoms with Crippen LogP contribution in [0, 0.1) is 5.82 Å². The van der Waals surface area contributed by atoms with Gasteiger partial charge >= 0.3 is 0 Å². The average molecular weight is 261 g/mol. The van der Waals surface area contributed by atoms with Crippen molar-refractivity contribution in [3.8, 4) is 11.5 Å². The summed E-state index contributed by atoms with van der Waals surface area (Å²) < 4.78 is 24.2. The molecule has 0 aliphatic rings. The Morgan fingerprint density at radius 1 is 1.11 bits per heavy atom. The molecule has 0 radical (unpaired) electrons. The first-order valence-electron chi connectivity index (χ1n) is 5.97. The van der Waals surface area contributed by atoms with Crippen LogP contribution in [0.1, 0.15) is 11.1 Å². The van der Waals surface area contributed by atoms with E-state index in [-0.39, 0.29) is 12.4 Å². The molecule has 2 aromatic rings. The summed E-state index contributed by atoms with van der Waals surface area (Å²) in [7, 11) is 1.62. The van der Waals surface area contributed by atoms with Crippen molar-refractivity contribution < 1.29 is 13.9 Å². The molecule has 0 aromatic heterocycles. The van der Waals surface area contributed by atoms with E-state index in [4.69, 9.17) is 15.2 Å². The fourth-order valence-corrected chi connectivity index (χ4v) is 1.76. The maximum absolute atomic E-state index is 13.5. The Hall–Kier alpha value is -2.07. The number of nitrogens with two attached hydrogens (primary N) is 1. The molecular weight excluding hydrogens is 245 g/mol. The van der Waals surface area contributed by atoms with Gasteiger partial charge in [-0.1, -0.05) is 18.2 Å². The van der Waals surface area contributed by atoms with E-state index in [9.17, 15) is 4.39 Å². The zero-order chi connectivity index (χ0) is 13.7. The summed E-state index contributed by atoms with van der Waals surface area (Å²) in [6, 6.07) is 12.2. The first-order chi connectivity index (χ1) is 9.24. The van der Waals surface area contributed by atoms with Gasteiger partial charge in [-0.05, 0) is 29.8 Å². The van der Waals surface area contributed by atoms with Gasteiger partial charge in [0.1, 0.15) is 23.9 Å². The van der Waals surface area contributed by atoms with Gasteiger partial charge in [-0.3, -0.25) is 0 Å². The Labute approximate surface area is 111 Å². The van der Waals surface area contributed by atoms with Crippen molar-refractivity contribution in [1.82, 2.24) is 0 Å². The summed E-state index contributed by atoms with van der Waals surface area (Å²) >= 11 is 0. The Kier molecular flexibility index (Phi) is 4.36. The minimum Gasteiger partial charge on any atom is -0.497 e. The van der Waals surface area contributed by atoms with Gasteiger partial charge < -0.3 is 15.2 Å². The number of halogens is 1. The van der Waals surface area contributed by atoms with Gasteiger partial charge in [0.15, 0.2) is 0 Å². The van der Waals surface area contributed by atoms with E-state index in [0.717, 1.165) is 11.3 Å². The third-order valence-corrected chi connectivity index (χ3v) is 2.83. The van der Waals surface area contributed by atoms with Crippen molar-refractivity contribution in [2.45, 2.75) is 13.2 Å². The van der Waals surface area contributed by atoms with Crippen molar-refractivity contribution in [3.05, 3.63) is 59.4 Å². The highest BCUT2D eigenvalue weighted by Crippen LogP contribution is 2.22. The zero-order valence-electron chi connectivity index (χ0n) is 10.7. The van der Waals surface area contributed by atoms with E-state index < -0.39 is 0 Å². The maximum Gasteiger partial charge on any atom is 0.131 e. The second-order valence-corrected chi connectivity index (χ2v) is 4.06. The molecule has 0 atom stereocenters. The predicted octanol–water partition coefficient (Wildman–Crippen LogP) is 2.87. The van der Waals surface area contributed by atoms with Crippen LogP contribution in [-0.2, 0) is 13.2 Å². The molecule has 0 aliphatic heterocycles. The van der Waals surface area contributed by atoms with Crippen LogP contribution in [-0.4, -0.2) is 7.11 Å². The highest BCUT2D eigenvalue weighted by molar-refractivity contribution is 5.35. The third-order valence-electron chi connectivity index (χ3n) is 2.83. The van der Waals surface area contributed by atoms with Crippen LogP contribution in [0.2, 0.25) is 0 Å². The minimum atomic E-state index is -0.338. The number of rotatable bonds is 5. The molecule has 2 N–H and O–H groups in total. The largest absolute Gasteiger partial charge is 0.497 e. The monoisotopic (exact) mass is 261 g/mol. The molecule has 100 valence electrons. The van der Waals surface area contributed by atoms with Crippen molar-refractivity contribution in [1.29, 1.82) is 0 Å². The van der Waals surface area contributed by atoms with Gasteiger partial charge in [0, 0.05) is 12.1 Å². The molecule has 19 heavy (non-hydrogen) atoms. The molecule has 0 unspecified atom stereocenters. The van der Waals surface area contributed by atoms with Crippen LogP contribution in [0.15, 0.2) is 42.5 Å². The van der Waals surface area contributed by atoms with Gasteiger partial charge in [0.05, 0.1) is 7.11 Å². The fraction of sp³-hybridized carbons (Fsp3) is 0.200. The van der Waals surface area contributed by atoms with Gasteiger partial charge in [-0.2, -0.15) is 0 Å². The third kappa shape index (κ3) is 3.23. The lowest BCUT2D eigenvalue weighted by Crippen LogP contribution is -2.05. The molecule has 0 fully saturated rings. The summed E-state index contributed by atoms with van der Waals surface area (Å²) in [5.74, 6) is 0.935. The minimum absolute atomic E-state index is 0.116.